The predicted octanol–water partition coefficient (Wildman–Crippen LogP) is -6.23. The number of nitrogens with zero attached hydrogens (tertiary/aromatic N) is 12. The summed E-state index contributed by atoms with van der Waals surface area (Å²) in [5, 5.41) is 33.3. The molecule has 0 bridgehead atoms. The molecule has 20 amide bonds. The van der Waals surface area contributed by atoms with Gasteiger partial charge in [-0.15, -0.1) is 0 Å². The lowest BCUT2D eigenvalue weighted by molar-refractivity contribution is -0.148. The van der Waals surface area contributed by atoms with Crippen LogP contribution in [-0.2, 0) is 101 Å². The molecule has 13 heterocycles. The lowest BCUT2D eigenvalue weighted by Gasteiger charge is -2.32. The fourth-order valence-corrected chi connectivity index (χ4v) is 21.7. The second-order valence-corrected chi connectivity index (χ2v) is 36.5. The summed E-state index contributed by atoms with van der Waals surface area (Å²) in [7, 11) is 0. The fourth-order valence-electron chi connectivity index (χ4n) is 21.2. The second-order valence-electron chi connectivity index (χ2n) is 35.5. The van der Waals surface area contributed by atoms with Crippen LogP contribution in [0.15, 0.2) is 0 Å². The Labute approximate surface area is 745 Å². The van der Waals surface area contributed by atoms with Crippen LogP contribution >= 0.6 is 11.8 Å². The number of amides is 20. The van der Waals surface area contributed by atoms with Crippen molar-refractivity contribution in [2.45, 2.75) is 258 Å². The molecule has 0 unspecified atom stereocenters. The first kappa shape index (κ1) is 94.8. The van der Waals surface area contributed by atoms with Gasteiger partial charge in [-0.25, -0.2) is 0 Å². The summed E-state index contributed by atoms with van der Waals surface area (Å²) >= 11 is 1.41. The number of nitrogens with one attached hydrogen (secondary N) is 9. The zero-order valence-corrected chi connectivity index (χ0v) is 73.6. The lowest BCUT2D eigenvalue weighted by atomic mass is 10.1. The molecular formula is C84H123N21O22S. The van der Waals surface area contributed by atoms with Gasteiger partial charge in [0, 0.05) is 78.5 Å². The number of carbonyl (C=O) groups is 21. The van der Waals surface area contributed by atoms with Crippen LogP contribution in [-0.4, -0.2) is 416 Å². The number of carboxylic acids is 1. The second kappa shape index (κ2) is 43.5. The minimum atomic E-state index is -1.23. The van der Waals surface area contributed by atoms with Crippen LogP contribution in [0.25, 0.3) is 0 Å². The molecule has 128 heavy (non-hydrogen) atoms. The van der Waals surface area contributed by atoms with Gasteiger partial charge < -0.3 is 112 Å². The van der Waals surface area contributed by atoms with Crippen LogP contribution in [0.2, 0.25) is 0 Å². The van der Waals surface area contributed by atoms with Crippen molar-refractivity contribution in [1.82, 2.24) is 107 Å². The number of likely N-dealkylation sites (tertiary alicyclic amines) is 12. The van der Waals surface area contributed by atoms with Crippen molar-refractivity contribution in [1.29, 1.82) is 0 Å². The standard InChI is InChI=1S/C84H123N21O22S/c1-128-42-28-51(79(122)100-36-4-17-53(100)73(116)88-45-66(108)96-32-12-25-61(96)82(125)103-39-7-20-56(103)76(119)91-48-69(111)98-34-14-27-63(98)84(127)105-41-9-22-58(105)77(120)92-49-70(112)113)93-64(106)43-86-71(114)54-18-5-37-101(54)80(123)59-23-10-30-94(59)67(109)46-89-74(117)57-21-8-40-104(57)83(126)62-26-13-33-97(62)68(110)47-90-75(118)55-19-6-38-102(55)81(124)60-24-11-31-95(60)65(107)44-87-72(115)52-16-3-35-99(52)78(121)50-15-2-29-85-50/h50-63,85H,2-49H2,1H3,(H,86,114)(H,87,115)(H,88,116)(H,89,117)(H,90,118)(H,91,119)(H,92,120)(H,93,106)(H,112,113)/t50-,51-,52-,53-,54-,55-,56-,57-,58-,59-,60-,61-,62-,63-/m0/s1. The molecule has 0 saturated carbocycles. The summed E-state index contributed by atoms with van der Waals surface area (Å²) in [6.07, 6.45) is 13.0. The molecule has 13 rings (SSSR count). The molecule has 0 aromatic carbocycles. The smallest absolute Gasteiger partial charge is 0.322 e. The lowest BCUT2D eigenvalue weighted by Crippen LogP contribution is -2.57. The van der Waals surface area contributed by atoms with Crippen molar-refractivity contribution in [3.05, 3.63) is 0 Å². The van der Waals surface area contributed by atoms with Gasteiger partial charge in [-0.1, -0.05) is 0 Å². The van der Waals surface area contributed by atoms with Crippen molar-refractivity contribution < 1.29 is 106 Å². The van der Waals surface area contributed by atoms with Crippen molar-refractivity contribution >= 4 is 136 Å². The molecule has 43 nitrogen and oxygen atoms in total. The monoisotopic (exact) mass is 1810 g/mol. The highest BCUT2D eigenvalue weighted by atomic mass is 32.2. The number of hydrogen-bond donors (Lipinski definition) is 10. The SMILES string of the molecule is CSCC[C@H](NC(=O)CNC(=O)[C@@H]1CCCN1C(=O)[C@@H]1CCCN1C(=O)CNC(=O)[C@@H]1CCCN1C(=O)[C@@H]1CCCN1C(=O)CNC(=O)[C@@H]1CCCN1C(=O)[C@@H]1CCCN1C(=O)CNC(=O)[C@@H]1CCCN1C(=O)[C@@H]1CCCN1)C(=O)N1CCC[C@H]1C(=O)NCC(=O)N1CCC[C@H]1C(=O)N1CCC[C@H]1C(=O)NCC(=O)N1CCC[C@H]1C(=O)N1CCC[C@H]1C(=O)NCC(=O)O. The van der Waals surface area contributed by atoms with Crippen LogP contribution in [0.3, 0.4) is 0 Å². The molecule has 13 aliphatic heterocycles. The quantitative estimate of drug-likeness (QED) is 0.0300. The highest BCUT2D eigenvalue weighted by Crippen LogP contribution is 2.33. The van der Waals surface area contributed by atoms with E-state index >= 15 is 0 Å². The summed E-state index contributed by atoms with van der Waals surface area (Å²) in [4.78, 5) is 305. The number of thioether (sulfide) groups is 1. The zero-order valence-electron chi connectivity index (χ0n) is 72.8. The highest BCUT2D eigenvalue weighted by Gasteiger charge is 2.51. The molecular weight excluding hydrogens is 1690 g/mol. The Morgan fingerprint density at radius 1 is 0.281 bits per heavy atom. The van der Waals surface area contributed by atoms with Crippen LogP contribution in [0.1, 0.15) is 173 Å². The summed E-state index contributed by atoms with van der Waals surface area (Å²) in [5.74, 6) is -11.3. The first-order valence-corrected chi connectivity index (χ1v) is 47.3. The highest BCUT2D eigenvalue weighted by molar-refractivity contribution is 7.98. The molecule has 13 saturated heterocycles. The Morgan fingerprint density at radius 3 is 0.758 bits per heavy atom. The number of carboxylic acid groups (broad SMARTS) is 1. The van der Waals surface area contributed by atoms with E-state index in [0.717, 1.165) is 13.0 Å². The van der Waals surface area contributed by atoms with E-state index in [-0.39, 0.29) is 142 Å². The Morgan fingerprint density at radius 2 is 0.508 bits per heavy atom. The topological polar surface area (TPSA) is 526 Å². The van der Waals surface area contributed by atoms with Gasteiger partial charge in [0.1, 0.15) is 85.1 Å². The molecule has 0 aromatic heterocycles. The average molecular weight is 1810 g/mol. The maximum Gasteiger partial charge on any atom is 0.322 e. The Hall–Kier alpha value is -10.8. The van der Waals surface area contributed by atoms with Crippen LogP contribution in [0.5, 0.6) is 0 Å². The van der Waals surface area contributed by atoms with Crippen LogP contribution < -0.4 is 47.9 Å². The van der Waals surface area contributed by atoms with Crippen LogP contribution in [0.4, 0.5) is 0 Å². The Balaban J connectivity index is 0.519. The van der Waals surface area contributed by atoms with Crippen molar-refractivity contribution in [2.75, 3.05) is 143 Å². The van der Waals surface area contributed by atoms with E-state index in [1.54, 1.807) is 4.90 Å². The first-order valence-electron chi connectivity index (χ1n) is 45.9. The van der Waals surface area contributed by atoms with Crippen molar-refractivity contribution in [2.24, 2.45) is 0 Å². The van der Waals surface area contributed by atoms with E-state index < -0.39 is 236 Å². The van der Waals surface area contributed by atoms with Gasteiger partial charge in [0.15, 0.2) is 0 Å². The van der Waals surface area contributed by atoms with E-state index in [1.165, 1.54) is 65.7 Å². The van der Waals surface area contributed by atoms with Gasteiger partial charge in [-0.05, 0) is 192 Å². The van der Waals surface area contributed by atoms with E-state index in [1.807, 2.05) is 6.26 Å². The third kappa shape index (κ3) is 21.7. The molecule has 10 N–H and O–H groups in total. The van der Waals surface area contributed by atoms with Crippen LogP contribution in [0, 0.1) is 0 Å². The molecule has 0 radical (unpaired) electrons. The number of rotatable bonds is 32. The van der Waals surface area contributed by atoms with Crippen molar-refractivity contribution in [3.63, 3.8) is 0 Å². The van der Waals surface area contributed by atoms with E-state index in [0.29, 0.717) is 128 Å². The molecule has 13 fully saturated rings. The summed E-state index contributed by atoms with van der Waals surface area (Å²) in [6.45, 7) is -0.0637. The Bertz CT molecular complexity index is 4290. The molecule has 0 aliphatic carbocycles. The molecule has 14 atom stereocenters. The predicted molar refractivity (Wildman–Crippen MR) is 451 cm³/mol. The average Bonchev–Trinajstić information content (AvgIpc) is 1.66. The largest absolute Gasteiger partial charge is 0.480 e. The first-order chi connectivity index (χ1) is 61.6. The van der Waals surface area contributed by atoms with Crippen molar-refractivity contribution in [3.8, 4) is 0 Å². The summed E-state index contributed by atoms with van der Waals surface area (Å²) in [5.41, 5.74) is 0. The zero-order chi connectivity index (χ0) is 91.1. The summed E-state index contributed by atoms with van der Waals surface area (Å²) in [6, 6.07) is -12.6. The van der Waals surface area contributed by atoms with Gasteiger partial charge in [-0.3, -0.25) is 101 Å². The Kier molecular flexibility index (Phi) is 32.2. The normalized spacial score (nSPS) is 27.0. The maximum absolute atomic E-state index is 14.4. The maximum atomic E-state index is 14.4. The van der Waals surface area contributed by atoms with Gasteiger partial charge in [0.2, 0.25) is 118 Å². The van der Waals surface area contributed by atoms with E-state index in [9.17, 15) is 101 Å². The van der Waals surface area contributed by atoms with Gasteiger partial charge in [0.25, 0.3) is 0 Å². The summed E-state index contributed by atoms with van der Waals surface area (Å²) < 4.78 is 0. The molecule has 0 spiro atoms. The number of hydrogen-bond acceptors (Lipinski definition) is 23. The third-order valence-electron chi connectivity index (χ3n) is 27.7. The number of carbonyl (C=O) groups excluding carboxylic acids is 20. The molecule has 44 heteroatoms. The molecule has 0 aromatic rings. The van der Waals surface area contributed by atoms with Gasteiger partial charge in [-0.2, -0.15) is 11.8 Å². The van der Waals surface area contributed by atoms with Gasteiger partial charge >= 0.3 is 5.97 Å². The minimum Gasteiger partial charge on any atom is -0.480 e. The van der Waals surface area contributed by atoms with Gasteiger partial charge in [0.05, 0.1) is 45.3 Å². The molecule has 702 valence electrons. The third-order valence-corrected chi connectivity index (χ3v) is 28.3. The molecule has 13 aliphatic rings. The number of aliphatic carboxylic acids is 1. The van der Waals surface area contributed by atoms with E-state index in [2.05, 4.69) is 47.9 Å². The van der Waals surface area contributed by atoms with E-state index in [4.69, 9.17) is 5.11 Å². The minimum absolute atomic E-state index is 0.123. The fraction of sp³-hybridized carbons (Fsp3) is 0.750.